The lowest BCUT2D eigenvalue weighted by Crippen LogP contribution is -2.32. The maximum atomic E-state index is 12.1. The molecule has 0 fully saturated rings. The number of allylic oxidation sites excluding steroid dienone is 2. The second-order valence-electron chi connectivity index (χ2n) is 10.7. The third-order valence-corrected chi connectivity index (χ3v) is 6.88. The van der Waals surface area contributed by atoms with E-state index in [-0.39, 0.29) is 18.9 Å². The molecule has 3 N–H and O–H groups in total. The van der Waals surface area contributed by atoms with Crippen molar-refractivity contribution in [1.29, 1.82) is 0 Å². The fraction of sp³-hybridized carbons (Fsp3) is 0.471. The minimum absolute atomic E-state index is 0.0672. The number of rotatable bonds is 8. The largest absolute Gasteiger partial charge is 0.388 e. The molecule has 5 nitrogen and oxygen atoms in total. The van der Waals surface area contributed by atoms with Crippen molar-refractivity contribution in [2.45, 2.75) is 98.8 Å². The maximum absolute atomic E-state index is 12.1. The van der Waals surface area contributed by atoms with Gasteiger partial charge in [-0.15, -0.1) is 0 Å². The number of unbranched alkanes of at least 4 members (excludes halogenated alkanes) is 1. The molecular weight excluding hydrogens is 537 g/mol. The van der Waals surface area contributed by atoms with Crippen LogP contribution >= 0.6 is 0 Å². The summed E-state index contributed by atoms with van der Waals surface area (Å²) in [7, 11) is 0. The Morgan fingerprint density at radius 1 is 1.05 bits per heavy atom. The minimum Gasteiger partial charge on any atom is -0.388 e. The number of nitrogens with one attached hydrogen (secondary N) is 3. The van der Waals surface area contributed by atoms with Gasteiger partial charge in [-0.25, -0.2) is 4.99 Å². The Morgan fingerprint density at radius 3 is 2.31 bits per heavy atom. The Balaban J connectivity index is 0.000000600. The molecular formula is C34H47F3N4O. The third kappa shape index (κ3) is 11.0. The zero-order chi connectivity index (χ0) is 31.3. The zero-order valence-corrected chi connectivity index (χ0v) is 26.0. The highest BCUT2D eigenvalue weighted by atomic mass is 19.4. The number of ketones is 1. The highest BCUT2D eigenvalue weighted by Crippen LogP contribution is 2.32. The second kappa shape index (κ2) is 16.8. The molecule has 4 rings (SSSR count). The number of halogens is 3. The lowest BCUT2D eigenvalue weighted by molar-refractivity contribution is -0.110. The topological polar surface area (TPSA) is 65.5 Å². The number of aliphatic imine (C=N–C) groups is 1. The van der Waals surface area contributed by atoms with Crippen LogP contribution in [0.3, 0.4) is 0 Å². The summed E-state index contributed by atoms with van der Waals surface area (Å²) in [6.45, 7) is 15.7. The predicted molar refractivity (Wildman–Crippen MR) is 169 cm³/mol. The van der Waals surface area contributed by atoms with E-state index in [1.165, 1.54) is 37.0 Å². The van der Waals surface area contributed by atoms with Crippen LogP contribution in [0, 0.1) is 6.92 Å². The summed E-state index contributed by atoms with van der Waals surface area (Å²) in [6, 6.07) is 14.2. The molecule has 0 aromatic heterocycles. The molecule has 1 heterocycles. The number of hydrogen-bond acceptors (Lipinski definition) is 5. The van der Waals surface area contributed by atoms with Crippen molar-refractivity contribution in [2.24, 2.45) is 4.99 Å². The molecule has 230 valence electrons. The van der Waals surface area contributed by atoms with Crippen LogP contribution in [-0.2, 0) is 0 Å². The van der Waals surface area contributed by atoms with Crippen molar-refractivity contribution in [3.05, 3.63) is 88.3 Å². The van der Waals surface area contributed by atoms with Crippen LogP contribution in [0.5, 0.6) is 0 Å². The molecule has 1 atom stereocenters. The molecule has 0 saturated heterocycles. The molecule has 0 radical (unpaired) electrons. The fourth-order valence-electron chi connectivity index (χ4n) is 4.57. The number of Topliss-reactive ketones (excluding diaryl/α,β-unsaturated/α-hetero) is 1. The minimum atomic E-state index is -4.00. The summed E-state index contributed by atoms with van der Waals surface area (Å²) >= 11 is 0. The van der Waals surface area contributed by atoms with Gasteiger partial charge in [0.15, 0.2) is 5.78 Å². The van der Waals surface area contributed by atoms with Crippen LogP contribution in [-0.4, -0.2) is 24.3 Å². The van der Waals surface area contributed by atoms with E-state index < -0.39 is 6.18 Å². The summed E-state index contributed by atoms with van der Waals surface area (Å²) in [5.74, 6) is 0.870. The van der Waals surface area contributed by atoms with Crippen molar-refractivity contribution >= 4 is 17.3 Å². The fourth-order valence-corrected chi connectivity index (χ4v) is 4.57. The van der Waals surface area contributed by atoms with Gasteiger partial charge in [0.05, 0.1) is 0 Å². The van der Waals surface area contributed by atoms with Crippen molar-refractivity contribution in [2.75, 3.05) is 11.9 Å². The number of benzene rings is 2. The predicted octanol–water partition coefficient (Wildman–Crippen LogP) is 9.37. The van der Waals surface area contributed by atoms with E-state index >= 15 is 0 Å². The van der Waals surface area contributed by atoms with Gasteiger partial charge in [-0.2, -0.15) is 13.2 Å². The Kier molecular flexibility index (Phi) is 13.8. The first-order valence-electron chi connectivity index (χ1n) is 14.9. The van der Waals surface area contributed by atoms with Crippen molar-refractivity contribution in [1.82, 2.24) is 10.6 Å². The molecule has 0 amide bonds. The first-order valence-corrected chi connectivity index (χ1v) is 14.9. The van der Waals surface area contributed by atoms with Gasteiger partial charge in [0.2, 0.25) is 0 Å². The number of hydrogen-bond donors (Lipinski definition) is 3. The number of anilines is 1. The number of carbonyl (C=O) groups excluding carboxylic acids is 1. The van der Waals surface area contributed by atoms with E-state index in [0.29, 0.717) is 0 Å². The number of fused-ring (bicyclic) bond motifs is 1. The monoisotopic (exact) mass is 584 g/mol. The van der Waals surface area contributed by atoms with Gasteiger partial charge in [-0.05, 0) is 80.9 Å². The van der Waals surface area contributed by atoms with Gasteiger partial charge < -0.3 is 16.0 Å². The molecule has 0 saturated carbocycles. The summed E-state index contributed by atoms with van der Waals surface area (Å²) in [6.07, 6.45) is 3.94. The maximum Gasteiger partial charge on any atom is 0.386 e. The Morgan fingerprint density at radius 2 is 1.69 bits per heavy atom. The highest BCUT2D eigenvalue weighted by Gasteiger charge is 2.24. The van der Waals surface area contributed by atoms with Gasteiger partial charge in [-0.1, -0.05) is 64.5 Å². The first kappa shape index (κ1) is 34.7. The van der Waals surface area contributed by atoms with Gasteiger partial charge in [0.1, 0.15) is 12.0 Å². The Hall–Kier alpha value is -3.55. The van der Waals surface area contributed by atoms with Crippen LogP contribution in [0.15, 0.2) is 71.0 Å². The molecule has 42 heavy (non-hydrogen) atoms. The van der Waals surface area contributed by atoms with Gasteiger partial charge in [0, 0.05) is 41.7 Å². The van der Waals surface area contributed by atoms with Gasteiger partial charge in [-0.3, -0.25) is 4.79 Å². The van der Waals surface area contributed by atoms with E-state index in [9.17, 15) is 18.0 Å². The van der Waals surface area contributed by atoms with Crippen LogP contribution in [0.2, 0.25) is 0 Å². The number of carbonyl (C=O) groups is 1. The number of nitrogens with zero attached hydrogens (tertiary/aromatic N) is 1. The number of aryl methyl sites for hydroxylation is 1. The number of amidine groups is 1. The van der Waals surface area contributed by atoms with E-state index in [1.807, 2.05) is 37.3 Å². The van der Waals surface area contributed by atoms with E-state index in [0.717, 1.165) is 65.3 Å². The summed E-state index contributed by atoms with van der Waals surface area (Å²) in [5, 5.41) is 10.7. The summed E-state index contributed by atoms with van der Waals surface area (Å²) in [4.78, 5) is 17.1. The SMILES string of the molecule is C=C(NC1=NC(c2ccc(C)c(C(C)=O)c2)Nc2ccccc21)C1=C(NCCC)CCCC1.CC(F)(F)F.CCCC. The number of alkyl halides is 3. The van der Waals surface area contributed by atoms with E-state index in [4.69, 9.17) is 4.99 Å². The molecule has 2 aromatic carbocycles. The van der Waals surface area contributed by atoms with Crippen LogP contribution in [0.25, 0.3) is 0 Å². The van der Waals surface area contributed by atoms with Crippen LogP contribution in [0.1, 0.15) is 113 Å². The quantitative estimate of drug-likeness (QED) is 0.271. The Labute approximate surface area is 249 Å². The highest BCUT2D eigenvalue weighted by molar-refractivity contribution is 6.06. The Bertz CT molecular complexity index is 1260. The molecule has 8 heteroatoms. The number of para-hydroxylation sites is 1. The van der Waals surface area contributed by atoms with E-state index in [2.05, 4.69) is 55.4 Å². The normalized spacial score (nSPS) is 15.9. The lowest BCUT2D eigenvalue weighted by Gasteiger charge is -2.29. The first-order chi connectivity index (χ1) is 19.9. The molecule has 1 aliphatic heterocycles. The molecule has 2 aliphatic rings. The molecule has 1 aliphatic carbocycles. The average molecular weight is 585 g/mol. The van der Waals surface area contributed by atoms with Crippen molar-refractivity contribution in [3.63, 3.8) is 0 Å². The van der Waals surface area contributed by atoms with Crippen molar-refractivity contribution < 1.29 is 18.0 Å². The van der Waals surface area contributed by atoms with Crippen molar-refractivity contribution in [3.8, 4) is 0 Å². The van der Waals surface area contributed by atoms with E-state index in [1.54, 1.807) is 6.92 Å². The smallest absolute Gasteiger partial charge is 0.386 e. The molecule has 1 unspecified atom stereocenters. The average Bonchev–Trinajstić information content (AvgIpc) is 2.95. The third-order valence-electron chi connectivity index (χ3n) is 6.88. The van der Waals surface area contributed by atoms with Crippen LogP contribution in [0.4, 0.5) is 18.9 Å². The van der Waals surface area contributed by atoms with Crippen LogP contribution < -0.4 is 16.0 Å². The lowest BCUT2D eigenvalue weighted by atomic mass is 9.94. The standard InChI is InChI=1S/C28H34N4O.C4H10.C2H3F3/c1-5-16-29-25-12-8-6-10-22(25)19(3)30-28-23-11-7-9-13-26(23)31-27(32-28)21-15-14-18(2)24(17-21)20(4)33;1-3-4-2;1-2(3,4)5/h7,9,11,13-15,17,27,29,31H,3,5-6,8,10,12,16H2,1-2,4H3,(H,30,32);3-4H2,1-2H3;1H3. The summed E-state index contributed by atoms with van der Waals surface area (Å²) < 4.78 is 31.1. The van der Waals surface area contributed by atoms with Gasteiger partial charge >= 0.3 is 6.18 Å². The van der Waals surface area contributed by atoms with Gasteiger partial charge in [0.25, 0.3) is 0 Å². The molecule has 0 spiro atoms. The molecule has 2 aromatic rings. The molecule has 0 bridgehead atoms. The summed E-state index contributed by atoms with van der Waals surface area (Å²) in [5.41, 5.74) is 8.22. The zero-order valence-electron chi connectivity index (χ0n) is 26.0. The second-order valence-corrected chi connectivity index (χ2v) is 10.7.